The van der Waals surface area contributed by atoms with Crippen molar-refractivity contribution in [1.29, 1.82) is 0 Å². The summed E-state index contributed by atoms with van der Waals surface area (Å²) in [4.78, 5) is 32.9. The number of rotatable bonds is 6. The molecule has 0 aliphatic carbocycles. The summed E-state index contributed by atoms with van der Waals surface area (Å²) in [5, 5.41) is 13.5. The fourth-order valence-electron chi connectivity index (χ4n) is 3.67. The van der Waals surface area contributed by atoms with Crippen molar-refractivity contribution in [3.05, 3.63) is 89.3 Å². The Kier molecular flexibility index (Phi) is 6.16. The lowest BCUT2D eigenvalue weighted by molar-refractivity contribution is -0.137. The summed E-state index contributed by atoms with van der Waals surface area (Å²) in [5.41, 5.74) is -2.14. The number of aromatic nitrogens is 4. The molecule has 4 aromatic rings. The zero-order valence-electron chi connectivity index (χ0n) is 18.0. The number of Topliss-reactive ketones (excluding diaryl/α,β-unsaturated/α-hetero) is 1. The number of carboxylic acid groups (broad SMARTS) is 1. The van der Waals surface area contributed by atoms with Crippen molar-refractivity contribution < 1.29 is 32.3 Å². The second kappa shape index (κ2) is 9.09. The van der Waals surface area contributed by atoms with Gasteiger partial charge in [0.25, 0.3) is 0 Å². The highest BCUT2D eigenvalue weighted by molar-refractivity contribution is 6.02. The number of halogens is 4. The van der Waals surface area contributed by atoms with Gasteiger partial charge in [-0.2, -0.15) is 18.3 Å². The van der Waals surface area contributed by atoms with Gasteiger partial charge in [-0.1, -0.05) is 6.07 Å². The number of hydrogen-bond donors (Lipinski definition) is 1. The van der Waals surface area contributed by atoms with Gasteiger partial charge in [0.2, 0.25) is 0 Å². The average molecular weight is 484 g/mol. The van der Waals surface area contributed by atoms with Crippen molar-refractivity contribution in [2.24, 2.45) is 7.05 Å². The van der Waals surface area contributed by atoms with Gasteiger partial charge in [-0.3, -0.25) is 19.4 Å². The number of ketones is 1. The van der Waals surface area contributed by atoms with Crippen LogP contribution in [0.15, 0.2) is 61.2 Å². The molecule has 1 N–H and O–H groups in total. The van der Waals surface area contributed by atoms with Crippen LogP contribution in [0, 0.1) is 5.82 Å². The third-order valence-electron chi connectivity index (χ3n) is 5.23. The fourth-order valence-corrected chi connectivity index (χ4v) is 3.67. The quantitative estimate of drug-likeness (QED) is 0.311. The molecule has 0 bridgehead atoms. The van der Waals surface area contributed by atoms with Crippen LogP contribution in [-0.4, -0.2) is 36.6 Å². The number of aromatic carboxylic acids is 1. The zero-order valence-corrected chi connectivity index (χ0v) is 18.0. The van der Waals surface area contributed by atoms with Gasteiger partial charge in [-0.25, -0.2) is 9.18 Å². The number of pyridine rings is 2. The maximum atomic E-state index is 14.8. The van der Waals surface area contributed by atoms with E-state index in [1.54, 1.807) is 12.1 Å². The predicted octanol–water partition coefficient (Wildman–Crippen LogP) is 4.83. The molecule has 4 rings (SSSR count). The first kappa shape index (κ1) is 23.7. The Morgan fingerprint density at radius 1 is 1.06 bits per heavy atom. The summed E-state index contributed by atoms with van der Waals surface area (Å²) in [6.07, 6.45) is -0.219. The second-order valence-corrected chi connectivity index (χ2v) is 7.59. The Balaban J connectivity index is 1.82. The molecule has 0 unspecified atom stereocenters. The first-order valence-corrected chi connectivity index (χ1v) is 10.1. The van der Waals surface area contributed by atoms with Gasteiger partial charge in [0.05, 0.1) is 28.1 Å². The molecule has 0 saturated carbocycles. The minimum Gasteiger partial charge on any atom is -0.478 e. The van der Waals surface area contributed by atoms with Crippen LogP contribution in [0.2, 0.25) is 0 Å². The number of alkyl halides is 3. The van der Waals surface area contributed by atoms with Gasteiger partial charge in [-0.15, -0.1) is 0 Å². The summed E-state index contributed by atoms with van der Waals surface area (Å²) in [6, 6.07) is 7.17. The molecule has 0 fully saturated rings. The first-order chi connectivity index (χ1) is 16.6. The largest absolute Gasteiger partial charge is 0.478 e. The van der Waals surface area contributed by atoms with E-state index >= 15 is 0 Å². The van der Waals surface area contributed by atoms with Gasteiger partial charge in [0.15, 0.2) is 5.78 Å². The Hall–Kier alpha value is -4.41. The molecule has 1 aromatic carbocycles. The van der Waals surface area contributed by atoms with E-state index in [1.165, 1.54) is 42.5 Å². The maximum absolute atomic E-state index is 14.8. The van der Waals surface area contributed by atoms with Crippen LogP contribution in [0.4, 0.5) is 17.6 Å². The number of aryl methyl sites for hydroxylation is 1. The van der Waals surface area contributed by atoms with Crippen molar-refractivity contribution >= 4 is 11.8 Å². The number of hydrogen-bond acceptors (Lipinski definition) is 5. The molecule has 11 heteroatoms. The van der Waals surface area contributed by atoms with E-state index in [4.69, 9.17) is 0 Å². The normalized spacial score (nSPS) is 11.5. The van der Waals surface area contributed by atoms with Crippen molar-refractivity contribution in [2.75, 3.05) is 0 Å². The summed E-state index contributed by atoms with van der Waals surface area (Å²) >= 11 is 0. The Morgan fingerprint density at radius 2 is 1.83 bits per heavy atom. The SMILES string of the molecule is Cn1ccc(-c2cc(C(=O)Cc3cncc(C(=O)O)c3-c3ccccn3)c(F)cc2C(F)(F)F)n1. The van der Waals surface area contributed by atoms with Crippen molar-refractivity contribution in [3.63, 3.8) is 0 Å². The smallest absolute Gasteiger partial charge is 0.417 e. The number of carboxylic acids is 1. The molecule has 0 saturated heterocycles. The number of carbonyl (C=O) groups is 2. The van der Waals surface area contributed by atoms with Gasteiger partial charge < -0.3 is 5.11 Å². The minimum absolute atomic E-state index is 0.0856. The highest BCUT2D eigenvalue weighted by Crippen LogP contribution is 2.38. The summed E-state index contributed by atoms with van der Waals surface area (Å²) in [6.45, 7) is 0. The van der Waals surface area contributed by atoms with E-state index < -0.39 is 46.9 Å². The van der Waals surface area contributed by atoms with E-state index in [1.807, 2.05) is 0 Å². The van der Waals surface area contributed by atoms with Crippen molar-refractivity contribution in [1.82, 2.24) is 19.7 Å². The molecule has 3 aromatic heterocycles. The molecule has 178 valence electrons. The standard InChI is InChI=1S/C24H16F4N4O3/c1-32-7-5-19(31-32)14-9-15(18(25)10-17(14)24(26,27)28)21(33)8-13-11-29-12-16(23(34)35)22(13)20-4-2-3-6-30-20/h2-7,9-12H,8H2,1H3,(H,34,35). The van der Waals surface area contributed by atoms with Crippen LogP contribution in [0.25, 0.3) is 22.5 Å². The molecule has 7 nitrogen and oxygen atoms in total. The second-order valence-electron chi connectivity index (χ2n) is 7.59. The predicted molar refractivity (Wildman–Crippen MR) is 116 cm³/mol. The van der Waals surface area contributed by atoms with Gasteiger partial charge >= 0.3 is 12.1 Å². The molecular weight excluding hydrogens is 468 g/mol. The molecular formula is C24H16F4N4O3. The number of nitrogens with zero attached hydrogens (tertiary/aromatic N) is 4. The third kappa shape index (κ3) is 4.79. The molecule has 35 heavy (non-hydrogen) atoms. The Labute approximate surface area is 195 Å². The first-order valence-electron chi connectivity index (χ1n) is 10.1. The van der Waals surface area contributed by atoms with Crippen LogP contribution < -0.4 is 0 Å². The van der Waals surface area contributed by atoms with Crippen LogP contribution in [0.1, 0.15) is 31.8 Å². The Morgan fingerprint density at radius 3 is 2.43 bits per heavy atom. The highest BCUT2D eigenvalue weighted by atomic mass is 19.4. The maximum Gasteiger partial charge on any atom is 0.417 e. The van der Waals surface area contributed by atoms with Crippen LogP contribution >= 0.6 is 0 Å². The topological polar surface area (TPSA) is 98.0 Å². The monoisotopic (exact) mass is 484 g/mol. The van der Waals surface area contributed by atoms with Gasteiger partial charge in [0.1, 0.15) is 5.82 Å². The van der Waals surface area contributed by atoms with E-state index in [0.29, 0.717) is 0 Å². The molecule has 0 aliphatic heterocycles. The van der Waals surface area contributed by atoms with E-state index in [0.717, 1.165) is 12.3 Å². The van der Waals surface area contributed by atoms with Crippen LogP contribution in [0.3, 0.4) is 0 Å². The summed E-state index contributed by atoms with van der Waals surface area (Å²) < 4.78 is 56.9. The van der Waals surface area contributed by atoms with Gasteiger partial charge in [0, 0.05) is 49.4 Å². The minimum atomic E-state index is -4.89. The molecule has 0 radical (unpaired) electrons. The zero-order chi connectivity index (χ0) is 25.3. The van der Waals surface area contributed by atoms with E-state index in [2.05, 4.69) is 15.1 Å². The van der Waals surface area contributed by atoms with Crippen LogP contribution in [0.5, 0.6) is 0 Å². The lowest BCUT2D eigenvalue weighted by Gasteiger charge is -2.15. The fraction of sp³-hybridized carbons (Fsp3) is 0.125. The molecule has 0 spiro atoms. The molecule has 0 amide bonds. The van der Waals surface area contributed by atoms with E-state index in [-0.39, 0.29) is 34.1 Å². The molecule has 0 atom stereocenters. The van der Waals surface area contributed by atoms with Crippen molar-refractivity contribution in [2.45, 2.75) is 12.6 Å². The number of carbonyl (C=O) groups excluding carboxylic acids is 1. The highest BCUT2D eigenvalue weighted by Gasteiger charge is 2.36. The molecule has 3 heterocycles. The average Bonchev–Trinajstić information content (AvgIpc) is 3.24. The summed E-state index contributed by atoms with van der Waals surface area (Å²) in [5.74, 6) is -3.54. The van der Waals surface area contributed by atoms with Gasteiger partial charge in [-0.05, 0) is 35.9 Å². The van der Waals surface area contributed by atoms with E-state index in [9.17, 15) is 32.3 Å². The van der Waals surface area contributed by atoms with Crippen LogP contribution in [-0.2, 0) is 19.6 Å². The Bertz CT molecular complexity index is 1430. The lowest BCUT2D eigenvalue weighted by atomic mass is 9.93. The van der Waals surface area contributed by atoms with Crippen molar-refractivity contribution in [3.8, 4) is 22.5 Å². The summed E-state index contributed by atoms with van der Waals surface area (Å²) in [7, 11) is 1.51. The number of benzene rings is 1. The lowest BCUT2D eigenvalue weighted by Crippen LogP contribution is -2.14. The molecule has 0 aliphatic rings. The third-order valence-corrected chi connectivity index (χ3v) is 5.23.